The van der Waals surface area contributed by atoms with Gasteiger partial charge < -0.3 is 9.30 Å². The molecule has 25 heavy (non-hydrogen) atoms. The first-order chi connectivity index (χ1) is 11.9. The summed E-state index contributed by atoms with van der Waals surface area (Å²) in [7, 11) is 1.55. The average molecular weight is 346 g/mol. The Morgan fingerprint density at radius 2 is 1.80 bits per heavy atom. The fourth-order valence-corrected chi connectivity index (χ4v) is 5.66. The topological polar surface area (TPSA) is 91.4 Å². The van der Waals surface area contributed by atoms with Gasteiger partial charge in [-0.05, 0) is 56.3 Å². The maximum atomic E-state index is 12.8. The van der Waals surface area contributed by atoms with Crippen molar-refractivity contribution in [3.05, 3.63) is 28.1 Å². The van der Waals surface area contributed by atoms with Crippen molar-refractivity contribution in [1.82, 2.24) is 4.57 Å². The van der Waals surface area contributed by atoms with E-state index in [1.54, 1.807) is 7.05 Å². The van der Waals surface area contributed by atoms with Crippen LogP contribution in [0.15, 0.2) is 12.3 Å². The third-order valence-corrected chi connectivity index (χ3v) is 6.37. The molecule has 4 saturated carbocycles. The highest BCUT2D eigenvalue weighted by Gasteiger charge is 2.54. The van der Waals surface area contributed by atoms with E-state index in [1.165, 1.54) is 36.1 Å². The maximum absolute atomic E-state index is 12.8. The standard InChI is InChI=1S/C18H22N2O5/c1-19-9-14(20(23)24)5-15(19)17(22)25-10-16(21)18-6-11-2-12(7-18)4-13(3-11)8-18/h5,9,11-13H,2-4,6-8,10H2,1H3. The van der Waals surface area contributed by atoms with Gasteiger partial charge in [0.1, 0.15) is 5.69 Å². The highest BCUT2D eigenvalue weighted by atomic mass is 16.6. The summed E-state index contributed by atoms with van der Waals surface area (Å²) in [4.78, 5) is 35.3. The summed E-state index contributed by atoms with van der Waals surface area (Å²) >= 11 is 0. The smallest absolute Gasteiger partial charge is 0.355 e. The fraction of sp³-hybridized carbons (Fsp3) is 0.667. The lowest BCUT2D eigenvalue weighted by Gasteiger charge is -2.55. The molecule has 4 fully saturated rings. The van der Waals surface area contributed by atoms with Crippen molar-refractivity contribution in [1.29, 1.82) is 0 Å². The summed E-state index contributed by atoms with van der Waals surface area (Å²) in [6.07, 6.45) is 7.82. The van der Waals surface area contributed by atoms with Gasteiger partial charge in [-0.1, -0.05) is 0 Å². The lowest BCUT2D eigenvalue weighted by molar-refractivity contribution is -0.384. The number of rotatable bonds is 5. The molecule has 0 spiro atoms. The summed E-state index contributed by atoms with van der Waals surface area (Å²) < 4.78 is 6.58. The second-order valence-corrected chi connectivity index (χ2v) is 8.15. The molecule has 0 aromatic carbocycles. The molecule has 0 atom stereocenters. The molecular weight excluding hydrogens is 324 g/mol. The number of aromatic nitrogens is 1. The van der Waals surface area contributed by atoms with Crippen molar-refractivity contribution < 1.29 is 19.2 Å². The Bertz CT molecular complexity index is 715. The van der Waals surface area contributed by atoms with E-state index >= 15 is 0 Å². The van der Waals surface area contributed by atoms with Crippen LogP contribution in [0.5, 0.6) is 0 Å². The van der Waals surface area contributed by atoms with E-state index < -0.39 is 10.9 Å². The van der Waals surface area contributed by atoms with Gasteiger partial charge in [0.2, 0.25) is 0 Å². The van der Waals surface area contributed by atoms with E-state index in [4.69, 9.17) is 4.74 Å². The summed E-state index contributed by atoms with van der Waals surface area (Å²) in [5.41, 5.74) is -0.373. The zero-order valence-corrected chi connectivity index (χ0v) is 14.3. The Hall–Kier alpha value is -2.18. The van der Waals surface area contributed by atoms with Crippen molar-refractivity contribution in [3.8, 4) is 0 Å². The van der Waals surface area contributed by atoms with Crippen molar-refractivity contribution in [2.24, 2.45) is 30.2 Å². The van der Waals surface area contributed by atoms with Gasteiger partial charge in [-0.2, -0.15) is 0 Å². The van der Waals surface area contributed by atoms with Gasteiger partial charge in [-0.25, -0.2) is 4.79 Å². The zero-order valence-electron chi connectivity index (χ0n) is 14.3. The van der Waals surface area contributed by atoms with Crippen LogP contribution in [0.4, 0.5) is 5.69 Å². The first kappa shape index (κ1) is 16.3. The Kier molecular flexibility index (Phi) is 3.70. The molecule has 1 aromatic rings. The van der Waals surface area contributed by atoms with Gasteiger partial charge in [0.15, 0.2) is 12.4 Å². The lowest BCUT2D eigenvalue weighted by Crippen LogP contribution is -2.51. The molecule has 4 bridgehead atoms. The van der Waals surface area contributed by atoms with Crippen LogP contribution in [0.3, 0.4) is 0 Å². The number of ether oxygens (including phenoxy) is 1. The number of nitrogens with zero attached hydrogens (tertiary/aromatic N) is 2. The van der Waals surface area contributed by atoms with E-state index in [1.807, 2.05) is 0 Å². The third kappa shape index (κ3) is 2.75. The number of aryl methyl sites for hydroxylation is 1. The van der Waals surface area contributed by atoms with Crippen LogP contribution in [0.1, 0.15) is 49.0 Å². The summed E-state index contributed by atoms with van der Waals surface area (Å²) in [5, 5.41) is 10.8. The number of Topliss-reactive ketones (excluding diaryl/α,β-unsaturated/α-hetero) is 1. The molecule has 0 radical (unpaired) electrons. The second-order valence-electron chi connectivity index (χ2n) is 8.15. The molecule has 7 nitrogen and oxygen atoms in total. The Balaban J connectivity index is 1.42. The molecule has 134 valence electrons. The van der Waals surface area contributed by atoms with Crippen molar-refractivity contribution >= 4 is 17.4 Å². The zero-order chi connectivity index (χ0) is 17.8. The molecule has 0 unspecified atom stereocenters. The van der Waals surface area contributed by atoms with Crippen molar-refractivity contribution in [3.63, 3.8) is 0 Å². The molecule has 4 aliphatic carbocycles. The Labute approximate surface area is 145 Å². The number of carbonyl (C=O) groups is 2. The SMILES string of the molecule is Cn1cc([N+](=O)[O-])cc1C(=O)OCC(=O)C12CC3CC(CC(C3)C1)C2. The number of ketones is 1. The highest BCUT2D eigenvalue weighted by Crippen LogP contribution is 2.60. The molecule has 7 heteroatoms. The second kappa shape index (κ2) is 5.68. The quantitative estimate of drug-likeness (QED) is 0.464. The molecule has 0 aliphatic heterocycles. The predicted molar refractivity (Wildman–Crippen MR) is 88.0 cm³/mol. The highest BCUT2D eigenvalue weighted by molar-refractivity contribution is 5.92. The average Bonchev–Trinajstić information content (AvgIpc) is 2.93. The van der Waals surface area contributed by atoms with E-state index in [9.17, 15) is 19.7 Å². The molecule has 0 saturated heterocycles. The molecule has 5 rings (SSSR count). The van der Waals surface area contributed by atoms with Crippen LogP contribution < -0.4 is 0 Å². The van der Waals surface area contributed by atoms with Gasteiger partial charge in [0, 0.05) is 18.5 Å². The molecule has 1 aromatic heterocycles. The van der Waals surface area contributed by atoms with Crippen LogP contribution in [-0.2, 0) is 16.6 Å². The summed E-state index contributed by atoms with van der Waals surface area (Å²) in [6.45, 7) is -0.232. The number of esters is 1. The normalized spacial score (nSPS) is 32.6. The number of hydrogen-bond donors (Lipinski definition) is 0. The predicted octanol–water partition coefficient (Wildman–Crippen LogP) is 2.88. The summed E-state index contributed by atoms with van der Waals surface area (Å²) in [5.74, 6) is 1.31. The van der Waals surface area contributed by atoms with Gasteiger partial charge >= 0.3 is 5.97 Å². The maximum Gasteiger partial charge on any atom is 0.355 e. The van der Waals surface area contributed by atoms with Crippen molar-refractivity contribution in [2.45, 2.75) is 38.5 Å². The van der Waals surface area contributed by atoms with Crippen LogP contribution in [0.25, 0.3) is 0 Å². The van der Waals surface area contributed by atoms with Gasteiger partial charge in [-0.3, -0.25) is 14.9 Å². The van der Waals surface area contributed by atoms with Gasteiger partial charge in [0.25, 0.3) is 5.69 Å². The third-order valence-electron chi connectivity index (χ3n) is 6.37. The van der Waals surface area contributed by atoms with Gasteiger partial charge in [0.05, 0.1) is 11.1 Å². The Morgan fingerprint density at radius 3 is 2.28 bits per heavy atom. The van der Waals surface area contributed by atoms with Crippen LogP contribution >= 0.6 is 0 Å². The molecule has 0 N–H and O–H groups in total. The summed E-state index contributed by atoms with van der Waals surface area (Å²) in [6, 6.07) is 1.18. The lowest BCUT2D eigenvalue weighted by atomic mass is 9.48. The van der Waals surface area contributed by atoms with Crippen LogP contribution in [-0.4, -0.2) is 27.8 Å². The minimum absolute atomic E-state index is 0.0312. The minimum Gasteiger partial charge on any atom is -0.453 e. The first-order valence-electron chi connectivity index (χ1n) is 8.87. The molecule has 4 aliphatic rings. The van der Waals surface area contributed by atoms with E-state index in [-0.39, 0.29) is 29.2 Å². The monoisotopic (exact) mass is 346 g/mol. The van der Waals surface area contributed by atoms with E-state index in [0.29, 0.717) is 17.8 Å². The minimum atomic E-state index is -0.686. The number of nitro groups is 1. The largest absolute Gasteiger partial charge is 0.453 e. The number of hydrogen-bond acceptors (Lipinski definition) is 5. The first-order valence-corrected chi connectivity index (χ1v) is 8.87. The van der Waals surface area contributed by atoms with E-state index in [2.05, 4.69) is 0 Å². The Morgan fingerprint density at radius 1 is 1.24 bits per heavy atom. The van der Waals surface area contributed by atoms with Crippen molar-refractivity contribution in [2.75, 3.05) is 6.61 Å². The fourth-order valence-electron chi connectivity index (χ4n) is 5.66. The van der Waals surface area contributed by atoms with Gasteiger partial charge in [-0.15, -0.1) is 0 Å². The molecular formula is C18H22N2O5. The van der Waals surface area contributed by atoms with Crippen LogP contribution in [0, 0.1) is 33.3 Å². The van der Waals surface area contributed by atoms with E-state index in [0.717, 1.165) is 19.3 Å². The van der Waals surface area contributed by atoms with Crippen LogP contribution in [0.2, 0.25) is 0 Å². The number of carbonyl (C=O) groups excluding carboxylic acids is 2. The molecule has 0 amide bonds. The molecule has 1 heterocycles.